The molecule has 0 unspecified atom stereocenters. The minimum absolute atomic E-state index is 0.0567. The second kappa shape index (κ2) is 7.74. The molecule has 6 heteroatoms. The third-order valence-electron chi connectivity index (χ3n) is 4.01. The summed E-state index contributed by atoms with van der Waals surface area (Å²) in [5.74, 6) is 0.109. The molecule has 0 saturated carbocycles. The van der Waals surface area contributed by atoms with Gasteiger partial charge < -0.3 is 19.9 Å². The number of nitrogens with zero attached hydrogens (tertiary/aromatic N) is 1. The Labute approximate surface area is 151 Å². The summed E-state index contributed by atoms with van der Waals surface area (Å²) in [5, 5.41) is 3.64. The van der Waals surface area contributed by atoms with Crippen molar-refractivity contribution in [3.8, 4) is 5.75 Å². The van der Waals surface area contributed by atoms with Gasteiger partial charge in [-0.1, -0.05) is 30.3 Å². The van der Waals surface area contributed by atoms with Crippen molar-refractivity contribution in [2.45, 2.75) is 6.92 Å². The molecule has 3 aromatic rings. The average molecular weight is 351 g/mol. The monoisotopic (exact) mass is 351 g/mol. The maximum absolute atomic E-state index is 12.7. The molecule has 0 spiro atoms. The van der Waals surface area contributed by atoms with Crippen LogP contribution in [0.5, 0.6) is 5.75 Å². The number of hydrogen-bond acceptors (Lipinski definition) is 3. The Hall–Kier alpha value is -3.28. The lowest BCUT2D eigenvalue weighted by Crippen LogP contribution is -2.34. The number of anilines is 1. The van der Waals surface area contributed by atoms with E-state index in [4.69, 9.17) is 4.74 Å². The summed E-state index contributed by atoms with van der Waals surface area (Å²) in [6.07, 6.45) is 1.67. The Bertz CT molecular complexity index is 933. The van der Waals surface area contributed by atoms with Gasteiger partial charge >= 0.3 is 0 Å². The number of carbonyl (C=O) groups excluding carboxylic acids is 2. The van der Waals surface area contributed by atoms with Crippen molar-refractivity contribution in [2.24, 2.45) is 0 Å². The fraction of sp³-hybridized carbons (Fsp3) is 0.200. The molecule has 6 nitrogen and oxygen atoms in total. The molecule has 0 aliphatic rings. The van der Waals surface area contributed by atoms with E-state index in [1.165, 1.54) is 4.90 Å². The number of para-hydroxylation sites is 3. The summed E-state index contributed by atoms with van der Waals surface area (Å²) >= 11 is 0. The molecule has 0 aliphatic carbocycles. The van der Waals surface area contributed by atoms with Crippen molar-refractivity contribution < 1.29 is 14.3 Å². The number of aromatic nitrogens is 1. The van der Waals surface area contributed by atoms with Crippen LogP contribution in [0.1, 0.15) is 17.3 Å². The van der Waals surface area contributed by atoms with Crippen LogP contribution >= 0.6 is 0 Å². The van der Waals surface area contributed by atoms with Crippen molar-refractivity contribution in [3.63, 3.8) is 0 Å². The van der Waals surface area contributed by atoms with E-state index in [2.05, 4.69) is 10.3 Å². The predicted molar refractivity (Wildman–Crippen MR) is 101 cm³/mol. The molecule has 0 fully saturated rings. The van der Waals surface area contributed by atoms with E-state index in [1.54, 1.807) is 25.4 Å². The topological polar surface area (TPSA) is 74.4 Å². The van der Waals surface area contributed by atoms with E-state index in [9.17, 15) is 9.59 Å². The van der Waals surface area contributed by atoms with Gasteiger partial charge in [-0.3, -0.25) is 9.59 Å². The first-order valence-electron chi connectivity index (χ1n) is 8.43. The number of hydrogen-bond donors (Lipinski definition) is 2. The second-order valence-corrected chi connectivity index (χ2v) is 5.89. The highest BCUT2D eigenvalue weighted by Crippen LogP contribution is 2.24. The minimum Gasteiger partial charge on any atom is -0.492 e. The molecule has 2 aromatic carbocycles. The zero-order valence-corrected chi connectivity index (χ0v) is 14.8. The quantitative estimate of drug-likeness (QED) is 0.716. The molecule has 1 heterocycles. The standard InChI is InChI=1S/C20H21N3O3/c1-3-26-18-11-7-6-10-17(18)22-19(24)13-23(2)20(25)15-12-21-16-9-5-4-8-14(15)16/h4-12,21H,3,13H2,1-2H3,(H,22,24). The number of rotatable bonds is 6. The van der Waals surface area contributed by atoms with Crippen LogP contribution in [0.2, 0.25) is 0 Å². The number of aromatic amines is 1. The summed E-state index contributed by atoms with van der Waals surface area (Å²) in [7, 11) is 1.61. The number of amides is 2. The molecule has 0 aliphatic heterocycles. The van der Waals surface area contributed by atoms with Gasteiger partial charge in [-0.05, 0) is 25.1 Å². The van der Waals surface area contributed by atoms with Gasteiger partial charge in [0.15, 0.2) is 0 Å². The van der Waals surface area contributed by atoms with Gasteiger partial charge in [-0.25, -0.2) is 0 Å². The van der Waals surface area contributed by atoms with E-state index in [0.29, 0.717) is 23.6 Å². The van der Waals surface area contributed by atoms with Crippen LogP contribution < -0.4 is 10.1 Å². The number of likely N-dealkylation sites (N-methyl/N-ethyl adjacent to an activating group) is 1. The van der Waals surface area contributed by atoms with Crippen LogP contribution in [-0.2, 0) is 4.79 Å². The first-order chi connectivity index (χ1) is 12.6. The SMILES string of the molecule is CCOc1ccccc1NC(=O)CN(C)C(=O)c1c[nH]c2ccccc12. The number of fused-ring (bicyclic) bond motifs is 1. The van der Waals surface area contributed by atoms with Gasteiger partial charge in [0.05, 0.1) is 24.4 Å². The highest BCUT2D eigenvalue weighted by molar-refractivity contribution is 6.08. The van der Waals surface area contributed by atoms with Crippen LogP contribution in [0, 0.1) is 0 Å². The minimum atomic E-state index is -0.284. The summed E-state index contributed by atoms with van der Waals surface area (Å²) in [6.45, 7) is 2.33. The molecule has 0 radical (unpaired) electrons. The second-order valence-electron chi connectivity index (χ2n) is 5.89. The van der Waals surface area contributed by atoms with Crippen molar-refractivity contribution in [1.29, 1.82) is 0 Å². The zero-order chi connectivity index (χ0) is 18.5. The highest BCUT2D eigenvalue weighted by Gasteiger charge is 2.18. The smallest absolute Gasteiger partial charge is 0.256 e. The Morgan fingerprint density at radius 2 is 1.85 bits per heavy atom. The van der Waals surface area contributed by atoms with Gasteiger partial charge in [0.2, 0.25) is 5.91 Å². The van der Waals surface area contributed by atoms with Gasteiger partial charge in [0, 0.05) is 24.1 Å². The zero-order valence-electron chi connectivity index (χ0n) is 14.8. The van der Waals surface area contributed by atoms with Crippen LogP contribution in [0.4, 0.5) is 5.69 Å². The van der Waals surface area contributed by atoms with Gasteiger partial charge in [0.1, 0.15) is 5.75 Å². The Morgan fingerprint density at radius 3 is 2.65 bits per heavy atom. The van der Waals surface area contributed by atoms with Crippen molar-refractivity contribution >= 4 is 28.4 Å². The maximum Gasteiger partial charge on any atom is 0.256 e. The van der Waals surface area contributed by atoms with E-state index in [-0.39, 0.29) is 18.4 Å². The summed E-state index contributed by atoms with van der Waals surface area (Å²) in [5.41, 5.74) is 2.03. The third-order valence-corrected chi connectivity index (χ3v) is 4.01. The first kappa shape index (κ1) is 17.5. The molecular weight excluding hydrogens is 330 g/mol. The fourth-order valence-corrected chi connectivity index (χ4v) is 2.78. The molecular formula is C20H21N3O3. The van der Waals surface area contributed by atoms with Gasteiger partial charge in [-0.15, -0.1) is 0 Å². The Morgan fingerprint density at radius 1 is 1.12 bits per heavy atom. The molecule has 3 rings (SSSR count). The first-order valence-corrected chi connectivity index (χ1v) is 8.43. The number of H-pyrrole nitrogens is 1. The highest BCUT2D eigenvalue weighted by atomic mass is 16.5. The lowest BCUT2D eigenvalue weighted by atomic mass is 10.1. The lowest BCUT2D eigenvalue weighted by molar-refractivity contribution is -0.116. The molecule has 0 saturated heterocycles. The van der Waals surface area contributed by atoms with Crippen molar-refractivity contribution in [3.05, 3.63) is 60.3 Å². The van der Waals surface area contributed by atoms with Gasteiger partial charge in [0.25, 0.3) is 5.91 Å². The number of ether oxygens (including phenoxy) is 1. The van der Waals surface area contributed by atoms with E-state index in [1.807, 2.05) is 43.3 Å². The van der Waals surface area contributed by atoms with Crippen molar-refractivity contribution in [2.75, 3.05) is 25.5 Å². The fourth-order valence-electron chi connectivity index (χ4n) is 2.78. The molecule has 0 bridgehead atoms. The van der Waals surface area contributed by atoms with Crippen LogP contribution in [-0.4, -0.2) is 41.9 Å². The maximum atomic E-state index is 12.7. The number of carbonyl (C=O) groups is 2. The average Bonchev–Trinajstić information content (AvgIpc) is 3.07. The van der Waals surface area contributed by atoms with Crippen molar-refractivity contribution in [1.82, 2.24) is 9.88 Å². The molecule has 0 atom stereocenters. The lowest BCUT2D eigenvalue weighted by Gasteiger charge is -2.17. The molecule has 26 heavy (non-hydrogen) atoms. The van der Waals surface area contributed by atoms with Crippen LogP contribution in [0.3, 0.4) is 0 Å². The van der Waals surface area contributed by atoms with E-state index < -0.39 is 0 Å². The van der Waals surface area contributed by atoms with Crippen LogP contribution in [0.15, 0.2) is 54.7 Å². The summed E-state index contributed by atoms with van der Waals surface area (Å²) in [4.78, 5) is 29.5. The van der Waals surface area contributed by atoms with Gasteiger partial charge in [-0.2, -0.15) is 0 Å². The largest absolute Gasteiger partial charge is 0.492 e. The Kier molecular flexibility index (Phi) is 5.22. The normalized spacial score (nSPS) is 10.5. The molecule has 1 aromatic heterocycles. The summed E-state index contributed by atoms with van der Waals surface area (Å²) in [6, 6.07) is 14.8. The Balaban J connectivity index is 1.68. The molecule has 134 valence electrons. The summed E-state index contributed by atoms with van der Waals surface area (Å²) < 4.78 is 5.50. The van der Waals surface area contributed by atoms with E-state index in [0.717, 1.165) is 10.9 Å². The predicted octanol–water partition coefficient (Wildman–Crippen LogP) is 3.28. The van der Waals surface area contributed by atoms with E-state index >= 15 is 0 Å². The molecule has 2 amide bonds. The number of nitrogens with one attached hydrogen (secondary N) is 2. The third kappa shape index (κ3) is 3.69. The molecule has 2 N–H and O–H groups in total. The number of benzene rings is 2. The van der Waals surface area contributed by atoms with Crippen LogP contribution in [0.25, 0.3) is 10.9 Å².